The zero-order valence-corrected chi connectivity index (χ0v) is 14.2. The molecule has 1 unspecified atom stereocenters. The van der Waals surface area contributed by atoms with Gasteiger partial charge in [0.2, 0.25) is 0 Å². The number of aliphatic carboxylic acids is 1. The number of nitro benzene ring substituents is 1. The summed E-state index contributed by atoms with van der Waals surface area (Å²) in [7, 11) is 0. The average molecular weight is 369 g/mol. The first-order valence-electron chi connectivity index (χ1n) is 8.03. The number of carboxylic acid groups (broad SMARTS) is 1. The minimum Gasteiger partial charge on any atom is -0.486 e. The van der Waals surface area contributed by atoms with Gasteiger partial charge in [0.05, 0.1) is 16.9 Å². The van der Waals surface area contributed by atoms with Gasteiger partial charge in [0, 0.05) is 23.1 Å². The Balaban J connectivity index is 1.91. The lowest BCUT2D eigenvalue weighted by Gasteiger charge is -2.15. The summed E-state index contributed by atoms with van der Waals surface area (Å²) in [6.07, 6.45) is -1.03. The number of ether oxygens (including phenoxy) is 1. The average Bonchev–Trinajstić information content (AvgIpc) is 2.62. The van der Waals surface area contributed by atoms with Crippen LogP contribution >= 0.6 is 0 Å². The molecular weight excluding hydrogens is 354 g/mol. The summed E-state index contributed by atoms with van der Waals surface area (Å²) >= 11 is 0. The summed E-state index contributed by atoms with van der Waals surface area (Å²) in [4.78, 5) is 33.4. The van der Waals surface area contributed by atoms with E-state index in [0.717, 1.165) is 0 Å². The van der Waals surface area contributed by atoms with Crippen molar-refractivity contribution in [2.45, 2.75) is 19.4 Å². The summed E-state index contributed by atoms with van der Waals surface area (Å²) in [5.41, 5.74) is -0.0661. The fraction of sp³-hybridized carbons (Fsp3) is 0.158. The molecule has 0 saturated carbocycles. The number of benzene rings is 2. The van der Waals surface area contributed by atoms with Gasteiger partial charge in [-0.1, -0.05) is 12.1 Å². The predicted molar refractivity (Wildman–Crippen MR) is 96.0 cm³/mol. The second-order valence-electron chi connectivity index (χ2n) is 5.91. The number of fused-ring (bicyclic) bond motifs is 1. The molecule has 0 fully saturated rings. The third-order valence-electron chi connectivity index (χ3n) is 4.01. The van der Waals surface area contributed by atoms with Gasteiger partial charge in [-0.15, -0.1) is 0 Å². The van der Waals surface area contributed by atoms with E-state index < -0.39 is 29.0 Å². The summed E-state index contributed by atoms with van der Waals surface area (Å²) in [5.74, 6) is -0.762. The highest BCUT2D eigenvalue weighted by atomic mass is 16.6. The predicted octanol–water partition coefficient (Wildman–Crippen LogP) is 3.47. The molecule has 0 saturated heterocycles. The molecule has 138 valence electrons. The number of rotatable bonds is 6. The summed E-state index contributed by atoms with van der Waals surface area (Å²) in [6, 6.07) is 12.5. The molecule has 2 aromatic carbocycles. The number of nitrogens with zero attached hydrogens (tertiary/aromatic N) is 1. The van der Waals surface area contributed by atoms with Crippen LogP contribution in [0.3, 0.4) is 0 Å². The Hall–Kier alpha value is -3.68. The third-order valence-corrected chi connectivity index (χ3v) is 4.01. The maximum Gasteiger partial charge on any atom is 0.340 e. The Morgan fingerprint density at radius 1 is 1.26 bits per heavy atom. The van der Waals surface area contributed by atoms with Gasteiger partial charge in [-0.05, 0) is 31.2 Å². The molecule has 1 heterocycles. The maximum absolute atomic E-state index is 11.9. The molecule has 1 N–H and O–H groups in total. The first kappa shape index (κ1) is 18.1. The standard InChI is InChI=1S/C19H15NO7/c1-11(15-4-2-3-5-16(15)20(24)25)26-14-7-6-12-8-13(9-18(21)22)19(23)27-17(12)10-14/h2-8,10-11H,9H2,1H3,(H,21,22). The highest BCUT2D eigenvalue weighted by molar-refractivity contribution is 5.80. The summed E-state index contributed by atoms with van der Waals surface area (Å²) in [6.45, 7) is 1.68. The largest absolute Gasteiger partial charge is 0.486 e. The van der Waals surface area contributed by atoms with E-state index in [1.54, 1.807) is 37.3 Å². The highest BCUT2D eigenvalue weighted by Gasteiger charge is 2.19. The van der Waals surface area contributed by atoms with Crippen LogP contribution in [-0.4, -0.2) is 16.0 Å². The molecule has 0 aliphatic carbocycles. The van der Waals surface area contributed by atoms with E-state index in [4.69, 9.17) is 14.3 Å². The minimum atomic E-state index is -1.13. The first-order valence-corrected chi connectivity index (χ1v) is 8.03. The Morgan fingerprint density at radius 3 is 2.70 bits per heavy atom. The van der Waals surface area contributed by atoms with Crippen LogP contribution in [0.4, 0.5) is 5.69 Å². The molecule has 1 atom stereocenters. The van der Waals surface area contributed by atoms with E-state index in [1.807, 2.05) is 0 Å². The van der Waals surface area contributed by atoms with Crippen molar-refractivity contribution >= 4 is 22.6 Å². The number of hydrogen-bond acceptors (Lipinski definition) is 6. The topological polar surface area (TPSA) is 120 Å². The SMILES string of the molecule is CC(Oc1ccc2cc(CC(=O)O)c(=O)oc2c1)c1ccccc1[N+](=O)[O-]. The molecule has 3 aromatic rings. The molecular formula is C19H15NO7. The van der Waals surface area contributed by atoms with Crippen molar-refractivity contribution in [1.29, 1.82) is 0 Å². The van der Waals surface area contributed by atoms with Gasteiger partial charge < -0.3 is 14.3 Å². The van der Waals surface area contributed by atoms with Gasteiger partial charge in [-0.2, -0.15) is 0 Å². The molecule has 8 heteroatoms. The van der Waals surface area contributed by atoms with Crippen molar-refractivity contribution in [2.75, 3.05) is 0 Å². The van der Waals surface area contributed by atoms with Crippen molar-refractivity contribution in [3.63, 3.8) is 0 Å². The fourth-order valence-corrected chi connectivity index (χ4v) is 2.76. The van der Waals surface area contributed by atoms with Crippen molar-refractivity contribution in [1.82, 2.24) is 0 Å². The van der Waals surface area contributed by atoms with E-state index in [1.165, 1.54) is 18.2 Å². The van der Waals surface area contributed by atoms with Crippen molar-refractivity contribution < 1.29 is 24.0 Å². The van der Waals surface area contributed by atoms with E-state index >= 15 is 0 Å². The van der Waals surface area contributed by atoms with Crippen LogP contribution in [0.2, 0.25) is 0 Å². The van der Waals surface area contributed by atoms with Crippen LogP contribution in [0.15, 0.2) is 57.7 Å². The second-order valence-corrected chi connectivity index (χ2v) is 5.91. The summed E-state index contributed by atoms with van der Waals surface area (Å²) in [5, 5.41) is 20.5. The Bertz CT molecular complexity index is 1090. The highest BCUT2D eigenvalue weighted by Crippen LogP contribution is 2.30. The van der Waals surface area contributed by atoms with E-state index in [9.17, 15) is 19.7 Å². The normalized spacial score (nSPS) is 11.9. The molecule has 27 heavy (non-hydrogen) atoms. The Labute approximate surface area is 152 Å². The fourth-order valence-electron chi connectivity index (χ4n) is 2.76. The molecule has 8 nitrogen and oxygen atoms in total. The molecule has 0 amide bonds. The molecule has 1 aromatic heterocycles. The summed E-state index contributed by atoms with van der Waals surface area (Å²) < 4.78 is 10.9. The molecule has 0 aliphatic rings. The van der Waals surface area contributed by atoms with Gasteiger partial charge >= 0.3 is 11.6 Å². The Morgan fingerprint density at radius 2 is 2.00 bits per heavy atom. The molecule has 3 rings (SSSR count). The number of carboxylic acids is 1. The molecule has 0 bridgehead atoms. The molecule has 0 aliphatic heterocycles. The van der Waals surface area contributed by atoms with Crippen LogP contribution in [0.5, 0.6) is 5.75 Å². The van der Waals surface area contributed by atoms with Gasteiger partial charge in [-0.25, -0.2) is 4.79 Å². The van der Waals surface area contributed by atoms with Crippen molar-refractivity contribution in [3.05, 3.63) is 80.2 Å². The smallest absolute Gasteiger partial charge is 0.340 e. The van der Waals surface area contributed by atoms with Crippen LogP contribution in [0.25, 0.3) is 11.0 Å². The number of nitro groups is 1. The van der Waals surface area contributed by atoms with Gasteiger partial charge in [0.25, 0.3) is 5.69 Å². The van der Waals surface area contributed by atoms with Crippen molar-refractivity contribution in [2.24, 2.45) is 0 Å². The van der Waals surface area contributed by atoms with E-state index in [-0.39, 0.29) is 16.8 Å². The zero-order valence-electron chi connectivity index (χ0n) is 14.2. The van der Waals surface area contributed by atoms with Crippen LogP contribution in [0, 0.1) is 10.1 Å². The second kappa shape index (κ2) is 7.28. The van der Waals surface area contributed by atoms with Crippen LogP contribution in [0.1, 0.15) is 24.2 Å². The number of para-hydroxylation sites is 1. The van der Waals surface area contributed by atoms with Gasteiger partial charge in [0.1, 0.15) is 17.4 Å². The van der Waals surface area contributed by atoms with Crippen LogP contribution in [-0.2, 0) is 11.2 Å². The molecule has 0 radical (unpaired) electrons. The molecule has 0 spiro atoms. The lowest BCUT2D eigenvalue weighted by atomic mass is 10.1. The maximum atomic E-state index is 11.9. The third kappa shape index (κ3) is 3.95. The quantitative estimate of drug-likeness (QED) is 0.401. The monoisotopic (exact) mass is 369 g/mol. The van der Waals surface area contributed by atoms with Gasteiger partial charge in [0.15, 0.2) is 0 Å². The van der Waals surface area contributed by atoms with E-state index in [0.29, 0.717) is 16.7 Å². The van der Waals surface area contributed by atoms with Crippen molar-refractivity contribution in [3.8, 4) is 5.75 Å². The number of hydrogen-bond donors (Lipinski definition) is 1. The van der Waals surface area contributed by atoms with Crippen LogP contribution < -0.4 is 10.4 Å². The Kier molecular flexibility index (Phi) is 4.89. The first-order chi connectivity index (χ1) is 12.8. The minimum absolute atomic E-state index is 0.0457. The lowest BCUT2D eigenvalue weighted by Crippen LogP contribution is -2.12. The zero-order chi connectivity index (χ0) is 19.6. The van der Waals surface area contributed by atoms with E-state index in [2.05, 4.69) is 0 Å². The van der Waals surface area contributed by atoms with Gasteiger partial charge in [-0.3, -0.25) is 14.9 Å². The number of carbonyl (C=O) groups is 1. The lowest BCUT2D eigenvalue weighted by molar-refractivity contribution is -0.386.